The molecule has 2 aromatic carbocycles. The molecule has 0 aromatic heterocycles. The van der Waals surface area contributed by atoms with Gasteiger partial charge in [0.25, 0.3) is 0 Å². The Balaban J connectivity index is 1.72. The number of carbonyl (C=O) groups is 2. The molecule has 0 bridgehead atoms. The lowest BCUT2D eigenvalue weighted by atomic mass is 9.97. The molecule has 1 heterocycles. The average molecular weight is 339 g/mol. The second kappa shape index (κ2) is 7.38. The van der Waals surface area contributed by atoms with Gasteiger partial charge in [-0.3, -0.25) is 14.5 Å². The first-order chi connectivity index (χ1) is 12.1. The summed E-state index contributed by atoms with van der Waals surface area (Å²) in [7, 11) is 3.16. The SMILES string of the molecule is COc1ccc(CC2CC(=O)N(Cc3ccccc3)C2=O)cc1OC. The summed E-state index contributed by atoms with van der Waals surface area (Å²) in [5, 5.41) is 0. The lowest BCUT2D eigenvalue weighted by Gasteiger charge is -2.15. The summed E-state index contributed by atoms with van der Waals surface area (Å²) in [6.45, 7) is 0.334. The molecule has 0 N–H and O–H groups in total. The van der Waals surface area contributed by atoms with Crippen LogP contribution in [0.3, 0.4) is 0 Å². The van der Waals surface area contributed by atoms with Crippen LogP contribution in [-0.4, -0.2) is 30.9 Å². The smallest absolute Gasteiger partial charge is 0.233 e. The highest BCUT2D eigenvalue weighted by Crippen LogP contribution is 2.31. The predicted octanol–water partition coefficient (Wildman–Crippen LogP) is 2.82. The number of nitrogens with zero attached hydrogens (tertiary/aromatic N) is 1. The normalized spacial score (nSPS) is 17.0. The van der Waals surface area contributed by atoms with Crippen molar-refractivity contribution < 1.29 is 19.1 Å². The zero-order chi connectivity index (χ0) is 17.8. The maximum atomic E-state index is 12.7. The van der Waals surface area contributed by atoms with Crippen molar-refractivity contribution in [2.45, 2.75) is 19.4 Å². The molecule has 1 atom stereocenters. The monoisotopic (exact) mass is 339 g/mol. The van der Waals surface area contributed by atoms with E-state index in [-0.39, 0.29) is 24.2 Å². The first-order valence-corrected chi connectivity index (χ1v) is 8.21. The minimum Gasteiger partial charge on any atom is -0.493 e. The van der Waals surface area contributed by atoms with E-state index in [0.717, 1.165) is 11.1 Å². The molecule has 1 aliphatic heterocycles. The lowest BCUT2D eigenvalue weighted by molar-refractivity contribution is -0.140. The van der Waals surface area contributed by atoms with Crippen LogP contribution in [0.1, 0.15) is 17.5 Å². The standard InChI is InChI=1S/C20H21NO4/c1-24-17-9-8-15(11-18(17)25-2)10-16-12-19(22)21(20(16)23)13-14-6-4-3-5-7-14/h3-9,11,16H,10,12-13H2,1-2H3. The number of methoxy groups -OCH3 is 2. The molecule has 1 unspecified atom stereocenters. The fourth-order valence-corrected chi connectivity index (χ4v) is 3.14. The van der Waals surface area contributed by atoms with E-state index < -0.39 is 0 Å². The van der Waals surface area contributed by atoms with Crippen molar-refractivity contribution in [3.63, 3.8) is 0 Å². The van der Waals surface area contributed by atoms with Crippen LogP contribution < -0.4 is 9.47 Å². The minimum atomic E-state index is -0.325. The van der Waals surface area contributed by atoms with Crippen LogP contribution >= 0.6 is 0 Å². The molecular formula is C20H21NO4. The van der Waals surface area contributed by atoms with Crippen LogP contribution in [0.5, 0.6) is 11.5 Å². The van der Waals surface area contributed by atoms with E-state index in [9.17, 15) is 9.59 Å². The van der Waals surface area contributed by atoms with E-state index in [0.29, 0.717) is 24.5 Å². The second-order valence-electron chi connectivity index (χ2n) is 6.10. The van der Waals surface area contributed by atoms with Crippen LogP contribution in [-0.2, 0) is 22.6 Å². The van der Waals surface area contributed by atoms with Crippen molar-refractivity contribution >= 4 is 11.8 Å². The van der Waals surface area contributed by atoms with Gasteiger partial charge in [0.2, 0.25) is 11.8 Å². The molecule has 1 aliphatic rings. The van der Waals surface area contributed by atoms with Gasteiger partial charge in [0.05, 0.1) is 26.7 Å². The third-order valence-electron chi connectivity index (χ3n) is 4.45. The van der Waals surface area contributed by atoms with E-state index in [4.69, 9.17) is 9.47 Å². The first kappa shape index (κ1) is 17.0. The van der Waals surface area contributed by atoms with E-state index in [1.807, 2.05) is 48.5 Å². The summed E-state index contributed by atoms with van der Waals surface area (Å²) < 4.78 is 10.5. The number of hydrogen-bond acceptors (Lipinski definition) is 4. The Bertz CT molecular complexity index is 773. The molecule has 0 spiro atoms. The van der Waals surface area contributed by atoms with Gasteiger partial charge in [-0.15, -0.1) is 0 Å². The molecule has 2 amide bonds. The predicted molar refractivity (Wildman–Crippen MR) is 93.4 cm³/mol. The fourth-order valence-electron chi connectivity index (χ4n) is 3.14. The van der Waals surface area contributed by atoms with E-state index in [2.05, 4.69) is 0 Å². The first-order valence-electron chi connectivity index (χ1n) is 8.21. The summed E-state index contributed by atoms with van der Waals surface area (Å²) in [6.07, 6.45) is 0.760. The quantitative estimate of drug-likeness (QED) is 0.760. The van der Waals surface area contributed by atoms with Crippen molar-refractivity contribution in [3.8, 4) is 11.5 Å². The topological polar surface area (TPSA) is 55.8 Å². The van der Waals surface area contributed by atoms with Crippen molar-refractivity contribution in [2.75, 3.05) is 14.2 Å². The minimum absolute atomic E-state index is 0.108. The Morgan fingerprint density at radius 2 is 1.68 bits per heavy atom. The Morgan fingerprint density at radius 1 is 0.960 bits per heavy atom. The van der Waals surface area contributed by atoms with Gasteiger partial charge >= 0.3 is 0 Å². The van der Waals surface area contributed by atoms with Crippen molar-refractivity contribution in [1.29, 1.82) is 0 Å². The van der Waals surface area contributed by atoms with Gasteiger partial charge < -0.3 is 9.47 Å². The third-order valence-corrected chi connectivity index (χ3v) is 4.45. The summed E-state index contributed by atoms with van der Waals surface area (Å²) in [5.41, 5.74) is 1.90. The van der Waals surface area contributed by atoms with Gasteiger partial charge in [0.1, 0.15) is 0 Å². The summed E-state index contributed by atoms with van der Waals surface area (Å²) in [5.74, 6) is 0.723. The zero-order valence-electron chi connectivity index (χ0n) is 14.4. The number of benzene rings is 2. The molecule has 5 heteroatoms. The van der Waals surface area contributed by atoms with E-state index >= 15 is 0 Å². The van der Waals surface area contributed by atoms with Gasteiger partial charge in [0, 0.05) is 6.42 Å². The highest BCUT2D eigenvalue weighted by Gasteiger charge is 2.38. The number of imide groups is 1. The molecule has 3 rings (SSSR count). The number of likely N-dealkylation sites (tertiary alicyclic amines) is 1. The Kier molecular flexibility index (Phi) is 5.03. The maximum Gasteiger partial charge on any atom is 0.233 e. The summed E-state index contributed by atoms with van der Waals surface area (Å²) in [6, 6.07) is 15.1. The largest absolute Gasteiger partial charge is 0.493 e. The molecule has 2 aromatic rings. The Hall–Kier alpha value is -2.82. The number of ether oxygens (including phenoxy) is 2. The zero-order valence-corrected chi connectivity index (χ0v) is 14.4. The number of rotatable bonds is 6. The number of hydrogen-bond donors (Lipinski definition) is 0. The van der Waals surface area contributed by atoms with Crippen LogP contribution in [0, 0.1) is 5.92 Å². The van der Waals surface area contributed by atoms with Gasteiger partial charge in [-0.25, -0.2) is 0 Å². The Morgan fingerprint density at radius 3 is 2.36 bits per heavy atom. The van der Waals surface area contributed by atoms with Crippen molar-refractivity contribution in [3.05, 3.63) is 59.7 Å². The van der Waals surface area contributed by atoms with Gasteiger partial charge in [-0.2, -0.15) is 0 Å². The van der Waals surface area contributed by atoms with Crippen molar-refractivity contribution in [2.24, 2.45) is 5.92 Å². The molecule has 25 heavy (non-hydrogen) atoms. The second-order valence-corrected chi connectivity index (χ2v) is 6.10. The molecule has 0 saturated carbocycles. The molecule has 0 aliphatic carbocycles. The summed E-state index contributed by atoms with van der Waals surface area (Å²) >= 11 is 0. The van der Waals surface area contributed by atoms with Gasteiger partial charge in [-0.05, 0) is 29.7 Å². The van der Waals surface area contributed by atoms with Gasteiger partial charge in [0.15, 0.2) is 11.5 Å². The molecule has 1 fully saturated rings. The summed E-state index contributed by atoms with van der Waals surface area (Å²) in [4.78, 5) is 26.3. The lowest BCUT2D eigenvalue weighted by Crippen LogP contribution is -2.30. The number of amides is 2. The van der Waals surface area contributed by atoms with Crippen LogP contribution in [0.15, 0.2) is 48.5 Å². The van der Waals surface area contributed by atoms with Crippen LogP contribution in [0.2, 0.25) is 0 Å². The molecule has 1 saturated heterocycles. The Labute approximate surface area is 147 Å². The van der Waals surface area contributed by atoms with Crippen molar-refractivity contribution in [1.82, 2.24) is 4.90 Å². The average Bonchev–Trinajstić information content (AvgIpc) is 2.90. The third kappa shape index (κ3) is 3.65. The fraction of sp³-hybridized carbons (Fsp3) is 0.300. The van der Waals surface area contributed by atoms with Gasteiger partial charge in [-0.1, -0.05) is 36.4 Å². The molecule has 130 valence electrons. The van der Waals surface area contributed by atoms with E-state index in [1.54, 1.807) is 14.2 Å². The molecule has 5 nitrogen and oxygen atoms in total. The van der Waals surface area contributed by atoms with Crippen LogP contribution in [0.25, 0.3) is 0 Å². The highest BCUT2D eigenvalue weighted by atomic mass is 16.5. The number of carbonyl (C=O) groups excluding carboxylic acids is 2. The van der Waals surface area contributed by atoms with Crippen LogP contribution in [0.4, 0.5) is 0 Å². The molecular weight excluding hydrogens is 318 g/mol. The van der Waals surface area contributed by atoms with E-state index in [1.165, 1.54) is 4.90 Å². The maximum absolute atomic E-state index is 12.7. The highest BCUT2D eigenvalue weighted by molar-refractivity contribution is 6.03. The molecule has 0 radical (unpaired) electrons.